The van der Waals surface area contributed by atoms with Gasteiger partial charge in [0.15, 0.2) is 11.5 Å². The Morgan fingerprint density at radius 3 is 2.65 bits per heavy atom. The molecule has 0 spiro atoms. The molecule has 0 N–H and O–H groups in total. The highest BCUT2D eigenvalue weighted by Crippen LogP contribution is 2.28. The molecule has 0 saturated heterocycles. The number of aliphatic imine (C=N–C) groups is 1. The molecule has 0 amide bonds. The molecule has 0 unspecified atom stereocenters. The summed E-state index contributed by atoms with van der Waals surface area (Å²) in [5, 5.41) is 0.711. The predicted molar refractivity (Wildman–Crippen MR) is 96.7 cm³/mol. The lowest BCUT2D eigenvalue weighted by atomic mass is 10.2. The average Bonchev–Trinajstić information content (AvgIpc) is 2.55. The summed E-state index contributed by atoms with van der Waals surface area (Å²) in [4.78, 5) is 4.45. The summed E-state index contributed by atoms with van der Waals surface area (Å²) in [5.74, 6) is 1.39. The zero-order valence-corrected chi connectivity index (χ0v) is 14.1. The first-order valence-electron chi connectivity index (χ1n) is 7.44. The number of aryl methyl sites for hydroxylation is 1. The van der Waals surface area contributed by atoms with E-state index in [0.29, 0.717) is 29.7 Å². The maximum Gasteiger partial charge on any atom is 0.161 e. The van der Waals surface area contributed by atoms with Crippen LogP contribution in [-0.4, -0.2) is 19.4 Å². The third-order valence-electron chi connectivity index (χ3n) is 3.14. The molecule has 0 aliphatic heterocycles. The third kappa shape index (κ3) is 4.86. The topological polar surface area (TPSA) is 30.8 Å². The van der Waals surface area contributed by atoms with Crippen molar-refractivity contribution in [1.29, 1.82) is 0 Å². The average molecular weight is 330 g/mol. The molecule has 0 aliphatic rings. The molecule has 0 atom stereocenters. The minimum atomic E-state index is 0.440. The van der Waals surface area contributed by atoms with Crippen LogP contribution in [0.5, 0.6) is 11.5 Å². The van der Waals surface area contributed by atoms with Gasteiger partial charge in [0.1, 0.15) is 6.61 Å². The van der Waals surface area contributed by atoms with Crippen molar-refractivity contribution >= 4 is 23.5 Å². The lowest BCUT2D eigenvalue weighted by molar-refractivity contribution is 0.297. The number of nitrogens with zero attached hydrogens (tertiary/aromatic N) is 1. The molecular weight excluding hydrogens is 310 g/mol. The van der Waals surface area contributed by atoms with Gasteiger partial charge in [-0.05, 0) is 55.3 Å². The van der Waals surface area contributed by atoms with E-state index in [4.69, 9.17) is 21.1 Å². The van der Waals surface area contributed by atoms with E-state index in [9.17, 15) is 0 Å². The normalized spacial score (nSPS) is 10.7. The first-order chi connectivity index (χ1) is 11.1. The van der Waals surface area contributed by atoms with Crippen LogP contribution in [0, 0.1) is 6.92 Å². The predicted octanol–water partition coefficient (Wildman–Crippen LogP) is 5.36. The van der Waals surface area contributed by atoms with E-state index in [1.54, 1.807) is 12.3 Å². The van der Waals surface area contributed by atoms with Crippen molar-refractivity contribution in [2.75, 3.05) is 13.2 Å². The zero-order valence-electron chi connectivity index (χ0n) is 13.4. The lowest BCUT2D eigenvalue weighted by Gasteiger charge is -2.11. The summed E-state index contributed by atoms with van der Waals surface area (Å²) in [5.41, 5.74) is 2.77. The Bertz CT molecular complexity index is 711. The molecule has 0 aromatic heterocycles. The van der Waals surface area contributed by atoms with Gasteiger partial charge in [-0.1, -0.05) is 30.3 Å². The maximum atomic E-state index is 6.11. The van der Waals surface area contributed by atoms with E-state index >= 15 is 0 Å². The van der Waals surface area contributed by atoms with Crippen molar-refractivity contribution in [1.82, 2.24) is 0 Å². The molecule has 0 fully saturated rings. The molecular formula is C19H20ClNO2. The standard InChI is InChI=1S/C19H20ClNO2/c1-4-10-23-18-9-7-15(11-19(18)22-5-2)13-21-16-8-6-14(3)17(20)12-16/h4,6-9,11-13H,1,5,10H2,2-3H3. The molecule has 23 heavy (non-hydrogen) atoms. The van der Waals surface area contributed by atoms with Gasteiger partial charge < -0.3 is 9.47 Å². The molecule has 2 aromatic rings. The first kappa shape index (κ1) is 17.1. The van der Waals surface area contributed by atoms with Crippen molar-refractivity contribution in [3.05, 3.63) is 65.2 Å². The number of hydrogen-bond donors (Lipinski definition) is 0. The van der Waals surface area contributed by atoms with Gasteiger partial charge in [0.25, 0.3) is 0 Å². The van der Waals surface area contributed by atoms with Crippen LogP contribution in [0.2, 0.25) is 5.02 Å². The Morgan fingerprint density at radius 1 is 1.13 bits per heavy atom. The first-order valence-corrected chi connectivity index (χ1v) is 7.82. The van der Waals surface area contributed by atoms with Gasteiger partial charge in [-0.3, -0.25) is 4.99 Å². The third-order valence-corrected chi connectivity index (χ3v) is 3.55. The summed E-state index contributed by atoms with van der Waals surface area (Å²) in [6, 6.07) is 11.4. The summed E-state index contributed by atoms with van der Waals surface area (Å²) in [6.07, 6.45) is 3.48. The molecule has 120 valence electrons. The molecule has 2 aromatic carbocycles. The van der Waals surface area contributed by atoms with Crippen LogP contribution in [0.4, 0.5) is 5.69 Å². The Labute approximate surface area is 142 Å². The van der Waals surface area contributed by atoms with Gasteiger partial charge in [0, 0.05) is 11.2 Å². The number of ether oxygens (including phenoxy) is 2. The van der Waals surface area contributed by atoms with E-state index in [-0.39, 0.29) is 0 Å². The van der Waals surface area contributed by atoms with Crippen molar-refractivity contribution in [2.24, 2.45) is 4.99 Å². The van der Waals surface area contributed by atoms with Crippen molar-refractivity contribution < 1.29 is 9.47 Å². The van der Waals surface area contributed by atoms with E-state index in [2.05, 4.69) is 11.6 Å². The van der Waals surface area contributed by atoms with Gasteiger partial charge in [0.05, 0.1) is 12.3 Å². The zero-order chi connectivity index (χ0) is 16.7. The van der Waals surface area contributed by atoms with Crippen LogP contribution in [0.3, 0.4) is 0 Å². The van der Waals surface area contributed by atoms with E-state index in [0.717, 1.165) is 16.8 Å². The van der Waals surface area contributed by atoms with Crippen molar-refractivity contribution in [3.63, 3.8) is 0 Å². The molecule has 0 radical (unpaired) electrons. The van der Waals surface area contributed by atoms with Gasteiger partial charge in [-0.15, -0.1) is 0 Å². The SMILES string of the molecule is C=CCOc1ccc(C=Nc2ccc(C)c(Cl)c2)cc1OCC. The molecule has 3 nitrogen and oxygen atoms in total. The summed E-state index contributed by atoms with van der Waals surface area (Å²) >= 11 is 6.11. The summed E-state index contributed by atoms with van der Waals surface area (Å²) < 4.78 is 11.2. The van der Waals surface area contributed by atoms with Crippen molar-refractivity contribution in [3.8, 4) is 11.5 Å². The Morgan fingerprint density at radius 2 is 1.96 bits per heavy atom. The monoisotopic (exact) mass is 329 g/mol. The molecule has 0 saturated carbocycles. The maximum absolute atomic E-state index is 6.11. The van der Waals surface area contributed by atoms with Crippen LogP contribution in [-0.2, 0) is 0 Å². The minimum absolute atomic E-state index is 0.440. The molecule has 0 bridgehead atoms. The number of benzene rings is 2. The minimum Gasteiger partial charge on any atom is -0.490 e. The second kappa shape index (κ2) is 8.39. The van der Waals surface area contributed by atoms with Crippen LogP contribution in [0.25, 0.3) is 0 Å². The highest BCUT2D eigenvalue weighted by atomic mass is 35.5. The quantitative estimate of drug-likeness (QED) is 0.505. The molecule has 0 heterocycles. The fourth-order valence-electron chi connectivity index (χ4n) is 1.95. The Hall–Kier alpha value is -2.26. The molecule has 0 aliphatic carbocycles. The van der Waals surface area contributed by atoms with Crippen LogP contribution in [0.15, 0.2) is 54.0 Å². The number of rotatable bonds is 7. The smallest absolute Gasteiger partial charge is 0.161 e. The molecule has 2 rings (SSSR count). The van der Waals surface area contributed by atoms with E-state index < -0.39 is 0 Å². The van der Waals surface area contributed by atoms with E-state index in [1.165, 1.54) is 0 Å². The summed E-state index contributed by atoms with van der Waals surface area (Å²) in [7, 11) is 0. The largest absolute Gasteiger partial charge is 0.490 e. The van der Waals surface area contributed by atoms with Crippen LogP contribution >= 0.6 is 11.6 Å². The fourth-order valence-corrected chi connectivity index (χ4v) is 2.13. The summed E-state index contributed by atoms with van der Waals surface area (Å²) in [6.45, 7) is 8.56. The second-order valence-corrected chi connectivity index (χ2v) is 5.34. The highest BCUT2D eigenvalue weighted by Gasteiger charge is 2.05. The Balaban J connectivity index is 2.21. The van der Waals surface area contributed by atoms with Crippen LogP contribution in [0.1, 0.15) is 18.1 Å². The van der Waals surface area contributed by atoms with Crippen LogP contribution < -0.4 is 9.47 Å². The van der Waals surface area contributed by atoms with Gasteiger partial charge in [-0.2, -0.15) is 0 Å². The number of halogens is 1. The van der Waals surface area contributed by atoms with Gasteiger partial charge >= 0.3 is 0 Å². The van der Waals surface area contributed by atoms with Gasteiger partial charge in [0.2, 0.25) is 0 Å². The number of hydrogen-bond acceptors (Lipinski definition) is 3. The highest BCUT2D eigenvalue weighted by molar-refractivity contribution is 6.31. The Kier molecular flexibility index (Phi) is 6.24. The second-order valence-electron chi connectivity index (χ2n) is 4.93. The fraction of sp³-hybridized carbons (Fsp3) is 0.211. The molecule has 4 heteroatoms. The van der Waals surface area contributed by atoms with Gasteiger partial charge in [-0.25, -0.2) is 0 Å². The van der Waals surface area contributed by atoms with Crippen molar-refractivity contribution in [2.45, 2.75) is 13.8 Å². The van der Waals surface area contributed by atoms with E-state index in [1.807, 2.05) is 50.2 Å². The lowest BCUT2D eigenvalue weighted by Crippen LogP contribution is -1.99.